The highest BCUT2D eigenvalue weighted by Gasteiger charge is 2.24. The number of hydrogen-bond acceptors (Lipinski definition) is 5. The number of sulfonamides is 1. The van der Waals surface area contributed by atoms with E-state index in [9.17, 15) is 13.2 Å². The van der Waals surface area contributed by atoms with Gasteiger partial charge in [0.05, 0.1) is 17.6 Å². The number of nitrogens with one attached hydrogen (secondary N) is 2. The van der Waals surface area contributed by atoms with E-state index >= 15 is 0 Å². The fraction of sp³-hybridized carbons (Fsp3) is 0.529. The summed E-state index contributed by atoms with van der Waals surface area (Å²) in [5, 5.41) is 6.05. The van der Waals surface area contributed by atoms with Gasteiger partial charge in [-0.2, -0.15) is 4.31 Å². The average Bonchev–Trinajstić information content (AvgIpc) is 2.59. The van der Waals surface area contributed by atoms with Crippen molar-refractivity contribution in [2.24, 2.45) is 0 Å². The number of anilines is 2. The second-order valence-electron chi connectivity index (χ2n) is 6.27. The Labute approximate surface area is 160 Å². The second-order valence-corrected chi connectivity index (χ2v) is 8.66. The zero-order valence-corrected chi connectivity index (χ0v) is 16.8. The molecule has 2 N–H and O–H groups in total. The molecule has 1 aromatic carbocycles. The first kappa shape index (κ1) is 20.6. The second kappa shape index (κ2) is 9.29. The standard InChI is InChI=1S/C17H26N4O3S2/c1-3-4-9-16(22)19-17(25)18-14-7-5-6-8-15(14)20-10-12-21(13-11-20)26(2,23)24/h5-8H,3-4,9-13H2,1-2H3,(H2,18,19,22,25). The summed E-state index contributed by atoms with van der Waals surface area (Å²) < 4.78 is 24.8. The Morgan fingerprint density at radius 2 is 1.85 bits per heavy atom. The number of carbonyl (C=O) groups is 1. The number of rotatable bonds is 6. The Morgan fingerprint density at radius 1 is 1.19 bits per heavy atom. The van der Waals surface area contributed by atoms with Crippen molar-refractivity contribution in [3.8, 4) is 0 Å². The molecular weight excluding hydrogens is 372 g/mol. The summed E-state index contributed by atoms with van der Waals surface area (Å²) in [6, 6.07) is 7.66. The van der Waals surface area contributed by atoms with Gasteiger partial charge in [0.1, 0.15) is 0 Å². The van der Waals surface area contributed by atoms with E-state index in [0.717, 1.165) is 24.2 Å². The molecule has 1 aliphatic heterocycles. The highest BCUT2D eigenvalue weighted by molar-refractivity contribution is 7.88. The van der Waals surface area contributed by atoms with Gasteiger partial charge in [0.15, 0.2) is 5.11 Å². The summed E-state index contributed by atoms with van der Waals surface area (Å²) in [5.41, 5.74) is 1.73. The first-order valence-electron chi connectivity index (χ1n) is 8.71. The van der Waals surface area contributed by atoms with E-state index in [1.165, 1.54) is 10.6 Å². The molecule has 1 heterocycles. The normalized spacial score (nSPS) is 15.5. The van der Waals surface area contributed by atoms with Gasteiger partial charge in [0.25, 0.3) is 0 Å². The van der Waals surface area contributed by atoms with Crippen molar-refractivity contribution < 1.29 is 13.2 Å². The molecular formula is C17H26N4O3S2. The monoisotopic (exact) mass is 398 g/mol. The summed E-state index contributed by atoms with van der Waals surface area (Å²) in [6.07, 6.45) is 3.47. The molecule has 0 radical (unpaired) electrons. The molecule has 0 atom stereocenters. The minimum atomic E-state index is -3.16. The molecule has 26 heavy (non-hydrogen) atoms. The van der Waals surface area contributed by atoms with Crippen LogP contribution in [0.1, 0.15) is 26.2 Å². The Balaban J connectivity index is 2.00. The average molecular weight is 399 g/mol. The van der Waals surface area contributed by atoms with Crippen molar-refractivity contribution >= 4 is 44.6 Å². The predicted molar refractivity (Wildman–Crippen MR) is 109 cm³/mol. The number of unbranched alkanes of at least 4 members (excludes halogenated alkanes) is 1. The molecule has 1 fully saturated rings. The Morgan fingerprint density at radius 3 is 2.46 bits per heavy atom. The van der Waals surface area contributed by atoms with Crippen LogP contribution >= 0.6 is 12.2 Å². The number of carbonyl (C=O) groups excluding carboxylic acids is 1. The van der Waals surface area contributed by atoms with Crippen molar-refractivity contribution in [1.29, 1.82) is 0 Å². The van der Waals surface area contributed by atoms with Crippen LogP contribution in [0.25, 0.3) is 0 Å². The fourth-order valence-corrected chi connectivity index (χ4v) is 3.85. The van der Waals surface area contributed by atoms with Crippen molar-refractivity contribution in [3.63, 3.8) is 0 Å². The summed E-state index contributed by atoms with van der Waals surface area (Å²) in [6.45, 7) is 4.13. The zero-order valence-electron chi connectivity index (χ0n) is 15.2. The third-order valence-corrected chi connectivity index (χ3v) is 5.72. The third-order valence-electron chi connectivity index (χ3n) is 4.21. The lowest BCUT2D eigenvalue weighted by Crippen LogP contribution is -2.48. The van der Waals surface area contributed by atoms with E-state index < -0.39 is 10.0 Å². The maximum atomic E-state index is 11.8. The van der Waals surface area contributed by atoms with E-state index in [1.807, 2.05) is 31.2 Å². The van der Waals surface area contributed by atoms with Crippen LogP contribution in [-0.2, 0) is 14.8 Å². The highest BCUT2D eigenvalue weighted by atomic mass is 32.2. The summed E-state index contributed by atoms with van der Waals surface area (Å²) >= 11 is 5.24. The number of benzene rings is 1. The number of para-hydroxylation sites is 2. The Kier molecular flexibility index (Phi) is 7.36. The van der Waals surface area contributed by atoms with Gasteiger partial charge in [0.2, 0.25) is 15.9 Å². The van der Waals surface area contributed by atoms with Gasteiger partial charge in [-0.1, -0.05) is 25.5 Å². The first-order valence-corrected chi connectivity index (χ1v) is 11.0. The van der Waals surface area contributed by atoms with Crippen molar-refractivity contribution in [2.45, 2.75) is 26.2 Å². The maximum absolute atomic E-state index is 11.8. The molecule has 0 aliphatic carbocycles. The largest absolute Gasteiger partial charge is 0.367 e. The zero-order chi connectivity index (χ0) is 19.2. The molecule has 7 nitrogen and oxygen atoms in total. The van der Waals surface area contributed by atoms with Crippen molar-refractivity contribution in [3.05, 3.63) is 24.3 Å². The van der Waals surface area contributed by atoms with E-state index in [0.29, 0.717) is 32.6 Å². The minimum absolute atomic E-state index is 0.0939. The van der Waals surface area contributed by atoms with Crippen LogP contribution in [-0.4, -0.2) is 56.2 Å². The molecule has 0 saturated carbocycles. The van der Waals surface area contributed by atoms with E-state index in [4.69, 9.17) is 12.2 Å². The minimum Gasteiger partial charge on any atom is -0.367 e. The Bertz CT molecular complexity index is 744. The lowest BCUT2D eigenvalue weighted by Gasteiger charge is -2.35. The van der Waals surface area contributed by atoms with Gasteiger partial charge < -0.3 is 15.5 Å². The molecule has 144 valence electrons. The van der Waals surface area contributed by atoms with Crippen LogP contribution in [0.15, 0.2) is 24.3 Å². The van der Waals surface area contributed by atoms with E-state index in [-0.39, 0.29) is 11.0 Å². The molecule has 0 spiro atoms. The molecule has 1 saturated heterocycles. The van der Waals surface area contributed by atoms with Crippen LogP contribution in [0.4, 0.5) is 11.4 Å². The molecule has 1 aromatic rings. The van der Waals surface area contributed by atoms with Gasteiger partial charge in [-0.3, -0.25) is 4.79 Å². The maximum Gasteiger partial charge on any atom is 0.226 e. The predicted octanol–water partition coefficient (Wildman–Crippen LogP) is 1.77. The number of piperazine rings is 1. The van der Waals surface area contributed by atoms with E-state index in [1.54, 1.807) is 0 Å². The molecule has 0 aromatic heterocycles. The number of thiocarbonyl (C=S) groups is 1. The third kappa shape index (κ3) is 5.93. The van der Waals surface area contributed by atoms with Gasteiger partial charge in [-0.15, -0.1) is 0 Å². The molecule has 9 heteroatoms. The highest BCUT2D eigenvalue weighted by Crippen LogP contribution is 2.27. The van der Waals surface area contributed by atoms with Gasteiger partial charge in [-0.25, -0.2) is 8.42 Å². The summed E-state index contributed by atoms with van der Waals surface area (Å²) in [4.78, 5) is 13.9. The van der Waals surface area contributed by atoms with Crippen LogP contribution in [0.5, 0.6) is 0 Å². The van der Waals surface area contributed by atoms with Crippen molar-refractivity contribution in [2.75, 3.05) is 42.7 Å². The lowest BCUT2D eigenvalue weighted by molar-refractivity contribution is -0.119. The van der Waals surface area contributed by atoms with Crippen LogP contribution in [0.3, 0.4) is 0 Å². The quantitative estimate of drug-likeness (QED) is 0.711. The molecule has 2 rings (SSSR count). The molecule has 1 aliphatic rings. The van der Waals surface area contributed by atoms with Crippen LogP contribution in [0, 0.1) is 0 Å². The van der Waals surface area contributed by atoms with Gasteiger partial charge >= 0.3 is 0 Å². The van der Waals surface area contributed by atoms with Gasteiger partial charge in [-0.05, 0) is 30.8 Å². The first-order chi connectivity index (χ1) is 12.3. The summed E-state index contributed by atoms with van der Waals surface area (Å²) in [5.74, 6) is -0.0939. The molecule has 1 amide bonds. The smallest absolute Gasteiger partial charge is 0.226 e. The van der Waals surface area contributed by atoms with Gasteiger partial charge in [0, 0.05) is 32.6 Å². The van der Waals surface area contributed by atoms with Crippen LogP contribution in [0.2, 0.25) is 0 Å². The van der Waals surface area contributed by atoms with E-state index in [2.05, 4.69) is 15.5 Å². The Hall–Kier alpha value is -1.71. The summed E-state index contributed by atoms with van der Waals surface area (Å²) in [7, 11) is -3.16. The molecule has 0 unspecified atom stereocenters. The lowest BCUT2D eigenvalue weighted by atomic mass is 10.2. The topological polar surface area (TPSA) is 81.8 Å². The molecule has 0 bridgehead atoms. The fourth-order valence-electron chi connectivity index (χ4n) is 2.80. The van der Waals surface area contributed by atoms with Crippen molar-refractivity contribution in [1.82, 2.24) is 9.62 Å². The number of amides is 1. The van der Waals surface area contributed by atoms with Crippen LogP contribution < -0.4 is 15.5 Å². The number of hydrogen-bond donors (Lipinski definition) is 2. The SMILES string of the molecule is CCCCC(=O)NC(=S)Nc1ccccc1N1CCN(S(C)(=O)=O)CC1. The number of nitrogens with zero attached hydrogens (tertiary/aromatic N) is 2.